The predicted octanol–water partition coefficient (Wildman–Crippen LogP) is 4.80. The van der Waals surface area contributed by atoms with Crippen LogP contribution in [-0.2, 0) is 17.7 Å². The topological polar surface area (TPSA) is 66.5 Å². The summed E-state index contributed by atoms with van der Waals surface area (Å²) >= 11 is 6.20. The summed E-state index contributed by atoms with van der Waals surface area (Å²) in [5.74, 6) is 0.947. The number of anilines is 1. The molecule has 0 spiro atoms. The average molecular weight is 397 g/mol. The second kappa shape index (κ2) is 7.24. The van der Waals surface area contributed by atoms with Crippen LogP contribution in [0.1, 0.15) is 22.8 Å². The number of aryl methyl sites for hydroxylation is 1. The van der Waals surface area contributed by atoms with Crippen molar-refractivity contribution in [3.05, 3.63) is 58.6 Å². The number of nitrogens with zero attached hydrogens (tertiary/aromatic N) is 1. The first-order chi connectivity index (χ1) is 13.5. The Bertz CT molecular complexity index is 1070. The van der Waals surface area contributed by atoms with Crippen LogP contribution in [0.3, 0.4) is 0 Å². The van der Waals surface area contributed by atoms with Crippen LogP contribution in [0.4, 0.5) is 5.82 Å². The zero-order chi connectivity index (χ0) is 19.8. The molecular weight excluding hydrogens is 376 g/mol. The van der Waals surface area contributed by atoms with Crippen LogP contribution in [0.25, 0.3) is 22.4 Å². The molecule has 2 N–H and O–H groups in total. The number of benzene rings is 2. The van der Waals surface area contributed by atoms with Gasteiger partial charge in [0.05, 0.1) is 25.0 Å². The molecule has 0 aliphatic carbocycles. The van der Waals surface area contributed by atoms with E-state index in [0.717, 1.165) is 34.6 Å². The lowest BCUT2D eigenvalue weighted by Crippen LogP contribution is -2.15. The smallest absolute Gasteiger partial charge is 0.341 e. The third kappa shape index (κ3) is 2.92. The monoisotopic (exact) mass is 396 g/mol. The van der Waals surface area contributed by atoms with Gasteiger partial charge in [0.15, 0.2) is 0 Å². The highest BCUT2D eigenvalue weighted by Gasteiger charge is 2.32. The van der Waals surface area contributed by atoms with Crippen molar-refractivity contribution in [2.45, 2.75) is 19.9 Å². The minimum atomic E-state index is -0.387. The minimum absolute atomic E-state index is 0.286. The van der Waals surface area contributed by atoms with Gasteiger partial charge in [-0.3, -0.25) is 0 Å². The molecule has 0 atom stereocenters. The van der Waals surface area contributed by atoms with Gasteiger partial charge < -0.3 is 19.8 Å². The van der Waals surface area contributed by atoms with Gasteiger partial charge in [-0.2, -0.15) is 0 Å². The van der Waals surface area contributed by atoms with Crippen molar-refractivity contribution in [2.24, 2.45) is 0 Å². The molecule has 0 radical (unpaired) electrons. The summed E-state index contributed by atoms with van der Waals surface area (Å²) in [6.45, 7) is 2.75. The van der Waals surface area contributed by atoms with Gasteiger partial charge in [0, 0.05) is 22.7 Å². The van der Waals surface area contributed by atoms with Crippen molar-refractivity contribution in [2.75, 3.05) is 19.5 Å². The Balaban J connectivity index is 2.02. The van der Waals surface area contributed by atoms with Gasteiger partial charge in [-0.1, -0.05) is 23.7 Å². The van der Waals surface area contributed by atoms with Crippen molar-refractivity contribution in [3.8, 4) is 28.1 Å². The van der Waals surface area contributed by atoms with E-state index in [9.17, 15) is 4.79 Å². The number of halogens is 1. The fourth-order valence-corrected chi connectivity index (χ4v) is 4.04. The molecule has 6 heteroatoms. The lowest BCUT2D eigenvalue weighted by atomic mass is 9.94. The third-order valence-electron chi connectivity index (χ3n) is 5.07. The van der Waals surface area contributed by atoms with E-state index >= 15 is 0 Å². The highest BCUT2D eigenvalue weighted by molar-refractivity contribution is 6.31. The Morgan fingerprint density at radius 2 is 2.07 bits per heavy atom. The number of carbonyl (C=O) groups is 1. The van der Waals surface area contributed by atoms with E-state index in [2.05, 4.69) is 0 Å². The minimum Gasteiger partial charge on any atom is -0.497 e. The molecule has 28 heavy (non-hydrogen) atoms. The fourth-order valence-electron chi connectivity index (χ4n) is 3.85. The van der Waals surface area contributed by atoms with Crippen LogP contribution in [0.2, 0.25) is 5.02 Å². The second-order valence-corrected chi connectivity index (χ2v) is 7.08. The SMILES string of the molecule is CCOC(=O)c1c(-c2cccc(Cl)c2)c(N)n2c1-c1ccc(OC)cc1CC2. The van der Waals surface area contributed by atoms with Crippen molar-refractivity contribution < 1.29 is 14.3 Å². The highest BCUT2D eigenvalue weighted by atomic mass is 35.5. The van der Waals surface area contributed by atoms with Crippen LogP contribution in [0.5, 0.6) is 5.75 Å². The summed E-state index contributed by atoms with van der Waals surface area (Å²) in [5, 5.41) is 0.584. The number of hydrogen-bond acceptors (Lipinski definition) is 4. The van der Waals surface area contributed by atoms with Crippen molar-refractivity contribution >= 4 is 23.4 Å². The van der Waals surface area contributed by atoms with Crippen LogP contribution >= 0.6 is 11.6 Å². The molecule has 1 aliphatic rings. The lowest BCUT2D eigenvalue weighted by Gasteiger charge is -2.21. The largest absolute Gasteiger partial charge is 0.497 e. The normalized spacial score (nSPS) is 12.2. The molecule has 2 heterocycles. The quantitative estimate of drug-likeness (QED) is 0.643. The van der Waals surface area contributed by atoms with Crippen molar-refractivity contribution in [1.29, 1.82) is 0 Å². The number of fused-ring (bicyclic) bond motifs is 3. The summed E-state index contributed by atoms with van der Waals surface area (Å²) < 4.78 is 12.7. The first kappa shape index (κ1) is 18.4. The Labute approximate surface area is 168 Å². The number of esters is 1. The van der Waals surface area contributed by atoms with E-state index in [1.807, 2.05) is 41.0 Å². The number of methoxy groups -OCH3 is 1. The molecule has 0 amide bonds. The maximum atomic E-state index is 13.0. The Morgan fingerprint density at radius 1 is 1.25 bits per heavy atom. The van der Waals surface area contributed by atoms with E-state index < -0.39 is 0 Å². The zero-order valence-corrected chi connectivity index (χ0v) is 16.5. The molecular formula is C22H21ClN2O3. The Morgan fingerprint density at radius 3 is 2.79 bits per heavy atom. The Kier molecular flexibility index (Phi) is 4.77. The van der Waals surface area contributed by atoms with Gasteiger partial charge in [-0.05, 0) is 54.8 Å². The van der Waals surface area contributed by atoms with E-state index in [-0.39, 0.29) is 12.6 Å². The van der Waals surface area contributed by atoms with Crippen molar-refractivity contribution in [1.82, 2.24) is 4.57 Å². The molecule has 5 nitrogen and oxygen atoms in total. The van der Waals surface area contributed by atoms with E-state index in [1.165, 1.54) is 0 Å². The Hall–Kier alpha value is -2.92. The van der Waals surface area contributed by atoms with E-state index in [0.29, 0.717) is 28.5 Å². The standard InChI is InChI=1S/C22H21ClN2O3/c1-3-28-22(26)19-18(14-5-4-6-15(23)11-14)21(24)25-10-9-13-12-16(27-2)7-8-17(13)20(19)25/h4-8,11-12H,3,9-10,24H2,1-2H3. The van der Waals surface area contributed by atoms with Crippen LogP contribution in [0.15, 0.2) is 42.5 Å². The summed E-state index contributed by atoms with van der Waals surface area (Å²) in [6.07, 6.45) is 0.801. The molecule has 2 aromatic carbocycles. The number of nitrogens with two attached hydrogens (primary N) is 1. The molecule has 3 aromatic rings. The summed E-state index contributed by atoms with van der Waals surface area (Å²) in [7, 11) is 1.65. The highest BCUT2D eigenvalue weighted by Crippen LogP contribution is 2.44. The third-order valence-corrected chi connectivity index (χ3v) is 5.30. The first-order valence-corrected chi connectivity index (χ1v) is 9.55. The summed E-state index contributed by atoms with van der Waals surface area (Å²) in [5.41, 5.74) is 11.4. The number of nitrogen functional groups attached to an aromatic ring is 1. The predicted molar refractivity (Wildman–Crippen MR) is 111 cm³/mol. The van der Waals surface area contributed by atoms with Gasteiger partial charge in [0.1, 0.15) is 11.6 Å². The molecule has 4 rings (SSSR count). The molecule has 0 unspecified atom stereocenters. The molecule has 0 bridgehead atoms. The van der Waals surface area contributed by atoms with Crippen LogP contribution < -0.4 is 10.5 Å². The zero-order valence-electron chi connectivity index (χ0n) is 15.8. The maximum Gasteiger partial charge on any atom is 0.341 e. The number of hydrogen-bond donors (Lipinski definition) is 1. The second-order valence-electron chi connectivity index (χ2n) is 6.64. The van der Waals surface area contributed by atoms with Crippen LogP contribution in [-0.4, -0.2) is 24.3 Å². The van der Waals surface area contributed by atoms with Gasteiger partial charge in [0.2, 0.25) is 0 Å². The average Bonchev–Trinajstić information content (AvgIpc) is 3.00. The molecule has 0 fully saturated rings. The molecule has 0 saturated heterocycles. The van der Waals surface area contributed by atoms with Gasteiger partial charge in [-0.25, -0.2) is 4.79 Å². The maximum absolute atomic E-state index is 13.0. The number of rotatable bonds is 4. The number of carbonyl (C=O) groups excluding carboxylic acids is 1. The number of aromatic nitrogens is 1. The van der Waals surface area contributed by atoms with Crippen LogP contribution in [0, 0.1) is 0 Å². The molecule has 1 aliphatic heterocycles. The van der Waals surface area contributed by atoms with Gasteiger partial charge in [0.25, 0.3) is 0 Å². The molecule has 144 valence electrons. The molecule has 0 saturated carbocycles. The van der Waals surface area contributed by atoms with Gasteiger partial charge >= 0.3 is 5.97 Å². The molecule has 1 aromatic heterocycles. The van der Waals surface area contributed by atoms with E-state index in [1.54, 1.807) is 20.1 Å². The van der Waals surface area contributed by atoms with Crippen molar-refractivity contribution in [3.63, 3.8) is 0 Å². The summed E-state index contributed by atoms with van der Waals surface area (Å²) in [4.78, 5) is 13.0. The number of ether oxygens (including phenoxy) is 2. The lowest BCUT2D eigenvalue weighted by molar-refractivity contribution is 0.0528. The summed E-state index contributed by atoms with van der Waals surface area (Å²) in [6, 6.07) is 13.2. The van der Waals surface area contributed by atoms with E-state index in [4.69, 9.17) is 26.8 Å². The van der Waals surface area contributed by atoms with Gasteiger partial charge in [-0.15, -0.1) is 0 Å². The fraction of sp³-hybridized carbons (Fsp3) is 0.227. The first-order valence-electron chi connectivity index (χ1n) is 9.17.